The summed E-state index contributed by atoms with van der Waals surface area (Å²) >= 11 is 1.40. The van der Waals surface area contributed by atoms with Gasteiger partial charge in [0.1, 0.15) is 17.0 Å². The van der Waals surface area contributed by atoms with Crippen molar-refractivity contribution in [2.75, 3.05) is 22.9 Å². The van der Waals surface area contributed by atoms with Gasteiger partial charge in [0, 0.05) is 12.1 Å². The van der Waals surface area contributed by atoms with Gasteiger partial charge < -0.3 is 9.15 Å². The van der Waals surface area contributed by atoms with Crippen molar-refractivity contribution in [2.24, 2.45) is 0 Å². The third-order valence-electron chi connectivity index (χ3n) is 7.04. The molecule has 0 spiro atoms. The van der Waals surface area contributed by atoms with Crippen LogP contribution in [0.15, 0.2) is 88.4 Å². The van der Waals surface area contributed by atoms with Crippen molar-refractivity contribution in [1.82, 2.24) is 4.98 Å². The van der Waals surface area contributed by atoms with Gasteiger partial charge in [-0.15, -0.1) is 0 Å². The van der Waals surface area contributed by atoms with Crippen LogP contribution in [0.5, 0.6) is 5.75 Å². The van der Waals surface area contributed by atoms with Gasteiger partial charge in [0.15, 0.2) is 5.13 Å². The number of anilines is 2. The molecule has 0 bridgehead atoms. The third-order valence-corrected chi connectivity index (χ3v) is 10.1. The number of fused-ring (bicyclic) bond motifs is 2. The largest absolute Gasteiger partial charge is 0.494 e. The maximum absolute atomic E-state index is 13.9. The molecule has 1 aliphatic rings. The topological polar surface area (TPSA) is 92.9 Å². The van der Waals surface area contributed by atoms with Gasteiger partial charge in [0.25, 0.3) is 15.9 Å². The standard InChI is InChI=1S/C30H27N3O5S2/c1-20-11-16-26(37-2)27-28(20)39-30(31-27)32(19-23-9-6-18-38-23)29(34)22-12-14-24(15-13-22)40(35,36)33-17-5-8-21-7-3-4-10-25(21)33/h3-4,6-7,9-16,18H,5,8,17,19H2,1-2H3. The van der Waals surface area contributed by atoms with Gasteiger partial charge >= 0.3 is 0 Å². The molecule has 0 aliphatic carbocycles. The Hall–Kier alpha value is -4.15. The fourth-order valence-electron chi connectivity index (χ4n) is 4.96. The summed E-state index contributed by atoms with van der Waals surface area (Å²) in [6.45, 7) is 2.57. The predicted molar refractivity (Wildman–Crippen MR) is 156 cm³/mol. The molecule has 0 N–H and O–H groups in total. The number of hydrogen-bond donors (Lipinski definition) is 0. The summed E-state index contributed by atoms with van der Waals surface area (Å²) in [5, 5.41) is 0.491. The first-order chi connectivity index (χ1) is 19.4. The number of nitrogens with zero attached hydrogens (tertiary/aromatic N) is 3. The Bertz CT molecular complexity index is 1800. The second kappa shape index (κ2) is 10.4. The van der Waals surface area contributed by atoms with Gasteiger partial charge in [-0.2, -0.15) is 0 Å². The van der Waals surface area contributed by atoms with E-state index in [2.05, 4.69) is 0 Å². The number of ether oxygens (including phenoxy) is 1. The van der Waals surface area contributed by atoms with Crippen LogP contribution in [0.2, 0.25) is 0 Å². The number of amides is 1. The van der Waals surface area contributed by atoms with E-state index in [4.69, 9.17) is 14.1 Å². The number of aryl methyl sites for hydroxylation is 2. The van der Waals surface area contributed by atoms with Crippen LogP contribution in [0.4, 0.5) is 10.8 Å². The minimum Gasteiger partial charge on any atom is -0.494 e. The Balaban J connectivity index is 1.34. The molecular formula is C30H27N3O5S2. The molecule has 0 fully saturated rings. The lowest BCUT2D eigenvalue weighted by Crippen LogP contribution is -2.35. The number of furan rings is 1. The molecule has 5 aromatic rings. The average molecular weight is 574 g/mol. The normalized spacial score (nSPS) is 13.3. The number of carbonyl (C=O) groups is 1. The molecular weight excluding hydrogens is 546 g/mol. The summed E-state index contributed by atoms with van der Waals surface area (Å²) in [5.74, 6) is 0.904. The Labute approximate surface area is 236 Å². The number of benzene rings is 3. The molecule has 40 heavy (non-hydrogen) atoms. The van der Waals surface area contributed by atoms with E-state index in [1.807, 2.05) is 43.3 Å². The molecule has 8 nitrogen and oxygen atoms in total. The van der Waals surface area contributed by atoms with E-state index in [9.17, 15) is 13.2 Å². The van der Waals surface area contributed by atoms with Crippen LogP contribution >= 0.6 is 11.3 Å². The summed E-state index contributed by atoms with van der Waals surface area (Å²) in [5.41, 5.74) is 3.77. The van der Waals surface area contributed by atoms with Crippen LogP contribution < -0.4 is 13.9 Å². The third kappa shape index (κ3) is 4.63. The Morgan fingerprint density at radius 3 is 2.62 bits per heavy atom. The van der Waals surface area contributed by atoms with Gasteiger partial charge in [0.2, 0.25) is 0 Å². The first-order valence-corrected chi connectivity index (χ1v) is 15.1. The highest BCUT2D eigenvalue weighted by atomic mass is 32.2. The smallest absolute Gasteiger partial charge is 0.264 e. The summed E-state index contributed by atoms with van der Waals surface area (Å²) in [6, 6.07) is 21.1. The molecule has 10 heteroatoms. The number of aromatic nitrogens is 1. The summed E-state index contributed by atoms with van der Waals surface area (Å²) in [6.07, 6.45) is 3.15. The van der Waals surface area contributed by atoms with Crippen LogP contribution in [0.3, 0.4) is 0 Å². The fraction of sp³-hybridized carbons (Fsp3) is 0.200. The van der Waals surface area contributed by atoms with Crippen LogP contribution in [0, 0.1) is 6.92 Å². The van der Waals surface area contributed by atoms with E-state index in [1.165, 1.54) is 27.8 Å². The highest BCUT2D eigenvalue weighted by Crippen LogP contribution is 2.38. The lowest BCUT2D eigenvalue weighted by Gasteiger charge is -2.30. The number of carbonyl (C=O) groups excluding carboxylic acids is 1. The van der Waals surface area contributed by atoms with Gasteiger partial charge in [-0.3, -0.25) is 14.0 Å². The van der Waals surface area contributed by atoms with Crippen molar-refractivity contribution >= 4 is 48.3 Å². The minimum atomic E-state index is -3.79. The summed E-state index contributed by atoms with van der Waals surface area (Å²) in [4.78, 5) is 20.3. The van der Waals surface area contributed by atoms with Crippen LogP contribution in [-0.4, -0.2) is 33.0 Å². The monoisotopic (exact) mass is 573 g/mol. The summed E-state index contributed by atoms with van der Waals surface area (Å²) in [7, 11) is -2.20. The molecule has 0 unspecified atom stereocenters. The average Bonchev–Trinajstić information content (AvgIpc) is 3.66. The Kier molecular flexibility index (Phi) is 6.81. The van der Waals surface area contributed by atoms with Crippen molar-refractivity contribution in [3.05, 3.63) is 102 Å². The molecule has 3 heterocycles. The quantitative estimate of drug-likeness (QED) is 0.230. The van der Waals surface area contributed by atoms with Crippen molar-refractivity contribution < 1.29 is 22.4 Å². The van der Waals surface area contributed by atoms with Crippen LogP contribution in [0.25, 0.3) is 10.2 Å². The van der Waals surface area contributed by atoms with Gasteiger partial charge in [-0.05, 0) is 79.4 Å². The van der Waals surface area contributed by atoms with Crippen LogP contribution in [-0.2, 0) is 23.0 Å². The van der Waals surface area contributed by atoms with E-state index in [0.717, 1.165) is 28.7 Å². The highest BCUT2D eigenvalue weighted by Gasteiger charge is 2.30. The van der Waals surface area contributed by atoms with E-state index >= 15 is 0 Å². The molecule has 204 valence electrons. The number of hydrogen-bond acceptors (Lipinski definition) is 7. The molecule has 1 amide bonds. The molecule has 0 saturated heterocycles. The zero-order chi connectivity index (χ0) is 27.9. The Morgan fingerprint density at radius 1 is 1.07 bits per heavy atom. The van der Waals surface area contributed by atoms with Crippen molar-refractivity contribution in [1.29, 1.82) is 0 Å². The van der Waals surface area contributed by atoms with Gasteiger partial charge in [0.05, 0.1) is 35.2 Å². The number of sulfonamides is 1. The second-order valence-electron chi connectivity index (χ2n) is 9.56. The lowest BCUT2D eigenvalue weighted by molar-refractivity contribution is 0.0983. The second-order valence-corrected chi connectivity index (χ2v) is 12.4. The highest BCUT2D eigenvalue weighted by molar-refractivity contribution is 7.92. The first-order valence-electron chi connectivity index (χ1n) is 12.9. The Morgan fingerprint density at radius 2 is 1.88 bits per heavy atom. The molecule has 0 saturated carbocycles. The number of thiazole rings is 1. The molecule has 6 rings (SSSR count). The van der Waals surface area contributed by atoms with E-state index in [-0.39, 0.29) is 17.3 Å². The maximum atomic E-state index is 13.9. The predicted octanol–water partition coefficient (Wildman–Crippen LogP) is 6.19. The zero-order valence-corrected chi connectivity index (χ0v) is 23.7. The van der Waals surface area contributed by atoms with Crippen molar-refractivity contribution in [3.63, 3.8) is 0 Å². The van der Waals surface area contributed by atoms with E-state index in [1.54, 1.807) is 42.5 Å². The SMILES string of the molecule is COc1ccc(C)c2sc(N(Cc3ccco3)C(=O)c3ccc(S(=O)(=O)N4CCCc5ccccc54)cc3)nc12. The van der Waals surface area contributed by atoms with E-state index < -0.39 is 10.0 Å². The van der Waals surface area contributed by atoms with E-state index in [0.29, 0.717) is 40.0 Å². The number of para-hydroxylation sites is 1. The van der Waals surface area contributed by atoms with Gasteiger partial charge in [-0.1, -0.05) is 35.6 Å². The van der Waals surface area contributed by atoms with Gasteiger partial charge in [-0.25, -0.2) is 13.4 Å². The number of rotatable bonds is 7. The van der Waals surface area contributed by atoms with Crippen molar-refractivity contribution in [2.45, 2.75) is 31.2 Å². The maximum Gasteiger partial charge on any atom is 0.264 e. The van der Waals surface area contributed by atoms with Crippen molar-refractivity contribution in [3.8, 4) is 5.75 Å². The molecule has 1 aliphatic heterocycles. The zero-order valence-electron chi connectivity index (χ0n) is 22.0. The molecule has 3 aromatic carbocycles. The lowest BCUT2D eigenvalue weighted by atomic mass is 10.0. The first kappa shape index (κ1) is 26.1. The molecule has 0 radical (unpaired) electrons. The fourth-order valence-corrected chi connectivity index (χ4v) is 7.55. The molecule has 0 atom stereocenters. The molecule has 2 aromatic heterocycles. The minimum absolute atomic E-state index is 0.138. The number of methoxy groups -OCH3 is 1. The summed E-state index contributed by atoms with van der Waals surface area (Å²) < 4.78 is 40.6. The van der Waals surface area contributed by atoms with Crippen LogP contribution in [0.1, 0.15) is 33.7 Å².